The lowest BCUT2D eigenvalue weighted by Gasteiger charge is -2.40. The zero-order valence-electron chi connectivity index (χ0n) is 43.2. The Bertz CT molecular complexity index is 3370. The highest BCUT2D eigenvalue weighted by molar-refractivity contribution is 6.07. The lowest BCUT2D eigenvalue weighted by molar-refractivity contribution is 0.418. The third-order valence-electron chi connectivity index (χ3n) is 9.07. The first kappa shape index (κ1) is 12.5. The van der Waals surface area contributed by atoms with Crippen molar-refractivity contribution in [1.29, 1.82) is 0 Å². The van der Waals surface area contributed by atoms with E-state index in [1.54, 1.807) is 30.3 Å². The molecule has 0 saturated heterocycles. The van der Waals surface area contributed by atoms with Gasteiger partial charge in [-0.2, -0.15) is 0 Å². The van der Waals surface area contributed by atoms with Crippen molar-refractivity contribution >= 4 is 10.8 Å². The van der Waals surface area contributed by atoms with Gasteiger partial charge in [-0.15, -0.1) is 0 Å². The van der Waals surface area contributed by atoms with Crippen LogP contribution in [0.3, 0.4) is 0 Å². The van der Waals surface area contributed by atoms with Crippen LogP contribution in [0.25, 0.3) is 44.2 Å². The van der Waals surface area contributed by atoms with Crippen LogP contribution in [0.2, 0.25) is 0 Å². The van der Waals surface area contributed by atoms with Crippen LogP contribution in [-0.2, 0) is 10.8 Å². The minimum atomic E-state index is -3.81. The van der Waals surface area contributed by atoms with E-state index in [1.807, 2.05) is 30.3 Å². The van der Waals surface area contributed by atoms with Gasteiger partial charge in [0.25, 0.3) is 0 Å². The Morgan fingerprint density at radius 3 is 2.07 bits per heavy atom. The summed E-state index contributed by atoms with van der Waals surface area (Å²) in [6.45, 7) is -7.61. The predicted octanol–water partition coefficient (Wildman–Crippen LogP) is 11.3. The normalized spacial score (nSPS) is 24.4. The Hall–Kier alpha value is -5.40. The van der Waals surface area contributed by atoms with Crippen LogP contribution in [0.4, 0.5) is 0 Å². The molecule has 1 aliphatic heterocycles. The molecule has 1 spiro atoms. The van der Waals surface area contributed by atoms with Crippen molar-refractivity contribution in [3.05, 3.63) is 179 Å². The maximum atomic E-state index is 10.3. The third-order valence-corrected chi connectivity index (χ3v) is 9.07. The van der Waals surface area contributed by atoms with Crippen LogP contribution in [0.15, 0.2) is 145 Å². The van der Waals surface area contributed by atoms with Crippen LogP contribution in [-0.4, -0.2) is 0 Å². The Balaban J connectivity index is 1.43. The molecule has 2 aliphatic carbocycles. The quantitative estimate of drug-likeness (QED) is 0.184. The van der Waals surface area contributed by atoms with E-state index in [0.717, 1.165) is 10.9 Å². The molecule has 45 heavy (non-hydrogen) atoms. The summed E-state index contributed by atoms with van der Waals surface area (Å²) in [6.07, 6.45) is 0. The molecule has 0 fully saturated rings. The fraction of sp³-hybridized carbons (Fsp3) is 0.0909. The smallest absolute Gasteiger partial charge is 0.131 e. The maximum Gasteiger partial charge on any atom is 0.131 e. The first-order valence-electron chi connectivity index (χ1n) is 24.2. The first-order valence-corrected chi connectivity index (χ1v) is 14.2. The summed E-state index contributed by atoms with van der Waals surface area (Å²) in [6, 6.07) is 6.14. The highest BCUT2D eigenvalue weighted by atomic mass is 16.5. The second-order valence-electron chi connectivity index (χ2n) is 11.3. The van der Waals surface area contributed by atoms with Crippen LogP contribution in [0.1, 0.15) is 74.5 Å². The van der Waals surface area contributed by atoms with Crippen molar-refractivity contribution in [3.63, 3.8) is 0 Å². The summed E-state index contributed by atoms with van der Waals surface area (Å²) in [7, 11) is 0. The molecule has 212 valence electrons. The fourth-order valence-electron chi connectivity index (χ4n) is 7.24. The van der Waals surface area contributed by atoms with Gasteiger partial charge in [-0.25, -0.2) is 0 Å². The molecule has 1 heterocycles. The van der Waals surface area contributed by atoms with Gasteiger partial charge in [0.15, 0.2) is 0 Å². The topological polar surface area (TPSA) is 9.23 Å². The number of hydrogen-bond donors (Lipinski definition) is 0. The molecular formula is C44H30O. The van der Waals surface area contributed by atoms with Crippen molar-refractivity contribution in [3.8, 4) is 44.9 Å². The SMILES string of the molecule is [2H]c1c([2H])c([2H])c2c(c1[2H])Oc1c([2H])c([2H])c(-c3c([2H])c([2H])c4c(c3[2H])C3(c5ccccc5-c5cccc6cccc3c56)c3c([2H])c([2H])c([2H])c([2H])c3-4)c([2H])c1C2(C([2H])([2H])[2H])C([2H])([2H])[2H]. The van der Waals surface area contributed by atoms with E-state index >= 15 is 0 Å². The highest BCUT2D eigenvalue weighted by Gasteiger charge is 2.50. The van der Waals surface area contributed by atoms with E-state index in [1.165, 1.54) is 0 Å². The molecular weight excluding hydrogens is 544 g/mol. The standard InChI is InChI=1S/C44H30O/c1-43(2)36-18-7-8-20-40(36)45-41-24-22-29(26-39(41)43)28-21-23-32-30-13-3-5-16-34(30)44(38(32)25-28)35-17-6-4-14-31(35)33-15-9-11-27-12-10-19-37(44)42(27)33/h3-26H,1-2H3/i1D3,2D3,3D,5D,7D,8D,13D,16D,18D,20D,21D,22D,23D,24D,25D,26D. The van der Waals surface area contributed by atoms with E-state index in [4.69, 9.17) is 21.2 Å². The van der Waals surface area contributed by atoms with Crippen molar-refractivity contribution in [2.45, 2.75) is 24.5 Å². The third kappa shape index (κ3) is 3.08. The summed E-state index contributed by atoms with van der Waals surface area (Å²) in [5, 5.41) is 1.37. The second-order valence-corrected chi connectivity index (χ2v) is 11.3. The lowest BCUT2D eigenvalue weighted by Crippen LogP contribution is -2.31. The van der Waals surface area contributed by atoms with E-state index < -0.39 is 143 Å². The van der Waals surface area contributed by atoms with E-state index in [9.17, 15) is 11.0 Å². The van der Waals surface area contributed by atoms with Gasteiger partial charge in [-0.3, -0.25) is 0 Å². The molecule has 3 aliphatic rings. The molecule has 1 heteroatoms. The minimum absolute atomic E-state index is 0.0294. The van der Waals surface area contributed by atoms with E-state index in [0.29, 0.717) is 22.1 Å². The molecule has 1 unspecified atom stereocenters. The highest BCUT2D eigenvalue weighted by Crippen LogP contribution is 2.62. The van der Waals surface area contributed by atoms with Gasteiger partial charge in [0.05, 0.1) is 24.6 Å². The van der Waals surface area contributed by atoms with Crippen LogP contribution >= 0.6 is 0 Å². The molecule has 0 saturated carbocycles. The molecule has 7 aromatic carbocycles. The first-order chi connectivity index (χ1) is 30.4. The van der Waals surface area contributed by atoms with Crippen molar-refractivity contribution < 1.29 is 32.2 Å². The van der Waals surface area contributed by atoms with Gasteiger partial charge in [0, 0.05) is 24.8 Å². The molecule has 0 N–H and O–H groups in total. The maximum absolute atomic E-state index is 10.3. The van der Waals surface area contributed by atoms with Crippen LogP contribution in [0.5, 0.6) is 11.5 Å². The average Bonchev–Trinajstić information content (AvgIpc) is 3.58. The number of ether oxygens (including phenoxy) is 1. The molecule has 0 aromatic heterocycles. The Morgan fingerprint density at radius 1 is 0.511 bits per heavy atom. The predicted molar refractivity (Wildman–Crippen MR) is 184 cm³/mol. The lowest BCUT2D eigenvalue weighted by atomic mass is 9.61. The van der Waals surface area contributed by atoms with Crippen molar-refractivity contribution in [2.24, 2.45) is 0 Å². The molecule has 1 atom stereocenters. The summed E-state index contributed by atoms with van der Waals surface area (Å²) in [5.41, 5.74) is -7.40. The fourth-order valence-corrected chi connectivity index (χ4v) is 7.24. The summed E-state index contributed by atoms with van der Waals surface area (Å²) < 4.78 is 188. The number of benzene rings is 7. The molecule has 0 amide bonds. The largest absolute Gasteiger partial charge is 0.457 e. The van der Waals surface area contributed by atoms with Gasteiger partial charge in [0.2, 0.25) is 0 Å². The van der Waals surface area contributed by atoms with E-state index in [-0.39, 0.29) is 22.3 Å². The monoisotopic (exact) mass is 594 g/mol. The molecule has 0 radical (unpaired) electrons. The van der Waals surface area contributed by atoms with Crippen LogP contribution < -0.4 is 4.74 Å². The van der Waals surface area contributed by atoms with Crippen LogP contribution in [0, 0.1) is 0 Å². The molecule has 0 bridgehead atoms. The van der Waals surface area contributed by atoms with Crippen molar-refractivity contribution in [2.75, 3.05) is 0 Å². The van der Waals surface area contributed by atoms with Gasteiger partial charge in [0.1, 0.15) is 11.5 Å². The second kappa shape index (κ2) is 8.61. The van der Waals surface area contributed by atoms with E-state index in [2.05, 4.69) is 0 Å². The molecule has 10 rings (SSSR count). The summed E-state index contributed by atoms with van der Waals surface area (Å²) >= 11 is 0. The molecule has 1 nitrogen and oxygen atoms in total. The Labute approximate surface area is 291 Å². The van der Waals surface area contributed by atoms with Crippen molar-refractivity contribution in [1.82, 2.24) is 0 Å². The van der Waals surface area contributed by atoms with Gasteiger partial charge >= 0.3 is 0 Å². The average molecular weight is 595 g/mol. The summed E-state index contributed by atoms with van der Waals surface area (Å²) in [4.78, 5) is 0. The van der Waals surface area contributed by atoms with Gasteiger partial charge in [-0.05, 0) is 90.6 Å². The number of hydrogen-bond acceptors (Lipinski definition) is 1. The minimum Gasteiger partial charge on any atom is -0.457 e. The number of fused-ring (bicyclic) bond motifs is 11. The zero-order valence-corrected chi connectivity index (χ0v) is 23.2. The molecule has 7 aromatic rings. The van der Waals surface area contributed by atoms with Gasteiger partial charge < -0.3 is 4.74 Å². The summed E-state index contributed by atoms with van der Waals surface area (Å²) in [5.74, 6) is -1.91. The zero-order chi connectivity index (χ0) is 47.1. The number of rotatable bonds is 1. The number of para-hydroxylation sites is 1. The Kier molecular flexibility index (Phi) is 2.40. The van der Waals surface area contributed by atoms with Gasteiger partial charge in [-0.1, -0.05) is 135 Å². The Morgan fingerprint density at radius 2 is 1.18 bits per heavy atom.